The van der Waals surface area contributed by atoms with Gasteiger partial charge in [-0.25, -0.2) is 13.1 Å². The second kappa shape index (κ2) is 11.0. The van der Waals surface area contributed by atoms with Gasteiger partial charge in [0.15, 0.2) is 0 Å². The highest BCUT2D eigenvalue weighted by atomic mass is 35.5. The van der Waals surface area contributed by atoms with E-state index in [4.69, 9.17) is 11.6 Å². The molecule has 2 aromatic carbocycles. The Labute approximate surface area is 200 Å². The molecule has 1 amide bonds. The van der Waals surface area contributed by atoms with Gasteiger partial charge in [-0.2, -0.15) is 9.40 Å². The van der Waals surface area contributed by atoms with Gasteiger partial charge in [-0.3, -0.25) is 4.79 Å². The number of sulfonamides is 1. The van der Waals surface area contributed by atoms with Crippen molar-refractivity contribution in [2.24, 2.45) is 0 Å². The number of aromatic nitrogens is 2. The van der Waals surface area contributed by atoms with E-state index in [0.29, 0.717) is 19.6 Å². The van der Waals surface area contributed by atoms with E-state index in [1.165, 1.54) is 22.5 Å². The Kier molecular flexibility index (Phi) is 8.29. The lowest BCUT2D eigenvalue weighted by Gasteiger charge is -2.19. The van der Waals surface area contributed by atoms with Gasteiger partial charge in [0, 0.05) is 31.4 Å². The minimum absolute atomic E-state index is 0.0514. The summed E-state index contributed by atoms with van der Waals surface area (Å²) in [6.07, 6.45) is 3.50. The maximum atomic E-state index is 12.8. The molecule has 1 aromatic heterocycles. The fraction of sp³-hybridized carbons (Fsp3) is 0.333. The van der Waals surface area contributed by atoms with Gasteiger partial charge >= 0.3 is 0 Å². The lowest BCUT2D eigenvalue weighted by molar-refractivity contribution is 0.0953. The van der Waals surface area contributed by atoms with Gasteiger partial charge in [0.1, 0.15) is 4.90 Å². The molecular weight excluding hydrogens is 460 g/mol. The van der Waals surface area contributed by atoms with Crippen LogP contribution in [0.5, 0.6) is 0 Å². The minimum Gasteiger partial charge on any atom is -0.352 e. The van der Waals surface area contributed by atoms with Crippen LogP contribution in [0.3, 0.4) is 0 Å². The molecule has 1 heterocycles. The van der Waals surface area contributed by atoms with Crippen LogP contribution in [0, 0.1) is 6.92 Å². The lowest BCUT2D eigenvalue weighted by Crippen LogP contribution is -2.31. The zero-order valence-corrected chi connectivity index (χ0v) is 20.7. The molecule has 0 saturated heterocycles. The Morgan fingerprint density at radius 2 is 1.82 bits per heavy atom. The minimum atomic E-state index is -3.76. The maximum Gasteiger partial charge on any atom is 0.251 e. The summed E-state index contributed by atoms with van der Waals surface area (Å²) in [4.78, 5) is 12.6. The largest absolute Gasteiger partial charge is 0.352 e. The second-order valence-corrected chi connectivity index (χ2v) is 9.93. The van der Waals surface area contributed by atoms with Gasteiger partial charge in [-0.05, 0) is 55.7 Å². The topological polar surface area (TPSA) is 84.3 Å². The Hall–Kier alpha value is -2.68. The fourth-order valence-corrected chi connectivity index (χ4v) is 5.54. The number of nitrogens with zero attached hydrogens (tertiary/aromatic N) is 3. The molecule has 33 heavy (non-hydrogen) atoms. The van der Waals surface area contributed by atoms with Gasteiger partial charge in [-0.1, -0.05) is 43.6 Å². The number of rotatable bonds is 10. The van der Waals surface area contributed by atoms with Crippen LogP contribution < -0.4 is 5.32 Å². The molecule has 9 heteroatoms. The van der Waals surface area contributed by atoms with E-state index in [1.807, 2.05) is 48.1 Å². The number of para-hydroxylation sites is 1. The smallest absolute Gasteiger partial charge is 0.251 e. The number of carbonyl (C=O) groups excluding carboxylic acids is 1. The van der Waals surface area contributed by atoms with E-state index in [-0.39, 0.29) is 21.4 Å². The molecule has 0 fully saturated rings. The number of carbonyl (C=O) groups is 1. The van der Waals surface area contributed by atoms with E-state index >= 15 is 0 Å². The van der Waals surface area contributed by atoms with Crippen molar-refractivity contribution >= 4 is 27.5 Å². The van der Waals surface area contributed by atoms with Gasteiger partial charge in [0.05, 0.1) is 16.4 Å². The highest BCUT2D eigenvalue weighted by molar-refractivity contribution is 7.89. The van der Waals surface area contributed by atoms with Crippen molar-refractivity contribution < 1.29 is 13.2 Å². The summed E-state index contributed by atoms with van der Waals surface area (Å²) < 4.78 is 28.9. The molecule has 3 aromatic rings. The standard InChI is InChI=1S/C24H29ClN4O3S/c1-4-28(5-2)33(31,32)23-16-19(13-14-22(23)25)24(30)26-15-9-10-20-17-29(27-18(20)3)21-11-7-6-8-12-21/h6-8,11-14,16-17H,4-5,9-10,15H2,1-3H3,(H,26,30). The first-order valence-electron chi connectivity index (χ1n) is 11.0. The van der Waals surface area contributed by atoms with E-state index in [2.05, 4.69) is 10.4 Å². The summed E-state index contributed by atoms with van der Waals surface area (Å²) in [5.41, 5.74) is 3.33. The van der Waals surface area contributed by atoms with Crippen LogP contribution >= 0.6 is 11.6 Å². The number of hydrogen-bond donors (Lipinski definition) is 1. The average molecular weight is 489 g/mol. The van der Waals surface area contributed by atoms with Crippen molar-refractivity contribution in [2.45, 2.75) is 38.5 Å². The first kappa shape index (κ1) is 25.0. The Morgan fingerprint density at radius 3 is 2.48 bits per heavy atom. The first-order valence-corrected chi connectivity index (χ1v) is 12.8. The van der Waals surface area contributed by atoms with E-state index in [0.717, 1.165) is 29.8 Å². The lowest BCUT2D eigenvalue weighted by atomic mass is 10.1. The Balaban J connectivity index is 1.61. The number of nitrogens with one attached hydrogen (secondary N) is 1. The molecule has 0 saturated carbocycles. The predicted molar refractivity (Wildman–Crippen MR) is 131 cm³/mol. The molecule has 0 aliphatic heterocycles. The van der Waals surface area contributed by atoms with E-state index in [9.17, 15) is 13.2 Å². The molecule has 176 valence electrons. The van der Waals surface area contributed by atoms with Crippen LogP contribution in [-0.2, 0) is 16.4 Å². The van der Waals surface area contributed by atoms with E-state index in [1.54, 1.807) is 13.8 Å². The van der Waals surface area contributed by atoms with Gasteiger partial charge < -0.3 is 5.32 Å². The summed E-state index contributed by atoms with van der Waals surface area (Å²) in [6, 6.07) is 14.2. The van der Waals surface area contributed by atoms with Crippen LogP contribution in [0.15, 0.2) is 59.6 Å². The van der Waals surface area contributed by atoms with Gasteiger partial charge in [-0.15, -0.1) is 0 Å². The predicted octanol–water partition coefficient (Wildman–Crippen LogP) is 4.23. The van der Waals surface area contributed by atoms with Crippen molar-refractivity contribution in [1.82, 2.24) is 19.4 Å². The van der Waals surface area contributed by atoms with Gasteiger partial charge in [0.2, 0.25) is 10.0 Å². The molecule has 3 rings (SSSR count). The number of halogens is 1. The summed E-state index contributed by atoms with van der Waals surface area (Å²) in [5.74, 6) is -0.334. The number of aryl methyl sites for hydroxylation is 2. The van der Waals surface area contributed by atoms with Crippen molar-refractivity contribution in [2.75, 3.05) is 19.6 Å². The van der Waals surface area contributed by atoms with Crippen molar-refractivity contribution in [3.8, 4) is 5.69 Å². The molecule has 0 radical (unpaired) electrons. The summed E-state index contributed by atoms with van der Waals surface area (Å²) in [7, 11) is -3.76. The quantitative estimate of drug-likeness (QED) is 0.433. The summed E-state index contributed by atoms with van der Waals surface area (Å²) >= 11 is 6.15. The molecule has 0 aliphatic carbocycles. The highest BCUT2D eigenvalue weighted by Gasteiger charge is 2.25. The number of hydrogen-bond acceptors (Lipinski definition) is 4. The Morgan fingerprint density at radius 1 is 1.12 bits per heavy atom. The van der Waals surface area contributed by atoms with E-state index < -0.39 is 10.0 Å². The van der Waals surface area contributed by atoms with Crippen LogP contribution in [0.4, 0.5) is 0 Å². The molecule has 0 atom stereocenters. The first-order chi connectivity index (χ1) is 15.8. The van der Waals surface area contributed by atoms with Crippen LogP contribution in [-0.4, -0.2) is 48.0 Å². The maximum absolute atomic E-state index is 12.8. The molecule has 1 N–H and O–H groups in total. The monoisotopic (exact) mass is 488 g/mol. The third-order valence-electron chi connectivity index (χ3n) is 5.45. The Bertz CT molecular complexity index is 1210. The molecule has 0 spiro atoms. The molecular formula is C24H29ClN4O3S. The van der Waals surface area contributed by atoms with Crippen molar-refractivity contribution in [3.05, 3.63) is 76.6 Å². The molecule has 7 nitrogen and oxygen atoms in total. The average Bonchev–Trinajstić information content (AvgIpc) is 3.18. The summed E-state index contributed by atoms with van der Waals surface area (Å²) in [5, 5.41) is 7.53. The third-order valence-corrected chi connectivity index (χ3v) is 7.98. The number of benzene rings is 2. The van der Waals surface area contributed by atoms with Gasteiger partial charge in [0.25, 0.3) is 5.91 Å². The van der Waals surface area contributed by atoms with Crippen LogP contribution in [0.2, 0.25) is 5.02 Å². The SMILES string of the molecule is CCN(CC)S(=O)(=O)c1cc(C(=O)NCCCc2cn(-c3ccccc3)nc2C)ccc1Cl. The zero-order chi connectivity index (χ0) is 24.0. The van der Waals surface area contributed by atoms with Crippen molar-refractivity contribution in [1.29, 1.82) is 0 Å². The zero-order valence-electron chi connectivity index (χ0n) is 19.1. The summed E-state index contributed by atoms with van der Waals surface area (Å²) in [6.45, 7) is 6.60. The molecule has 0 aliphatic rings. The second-order valence-electron chi connectivity index (χ2n) is 7.61. The normalized spacial score (nSPS) is 11.7. The molecule has 0 bridgehead atoms. The van der Waals surface area contributed by atoms with Crippen LogP contribution in [0.1, 0.15) is 41.9 Å². The van der Waals surface area contributed by atoms with Crippen molar-refractivity contribution in [3.63, 3.8) is 0 Å². The number of amides is 1. The molecule has 0 unspecified atom stereocenters. The fourth-order valence-electron chi connectivity index (χ4n) is 3.58. The van der Waals surface area contributed by atoms with Crippen LogP contribution in [0.25, 0.3) is 5.69 Å². The highest BCUT2D eigenvalue weighted by Crippen LogP contribution is 2.26. The third kappa shape index (κ3) is 5.82.